The molecule has 0 amide bonds. The molecule has 0 unspecified atom stereocenters. The number of rotatable bonds is 10. The number of aliphatic imine (C=N–C) groups is 1. The molecule has 0 bridgehead atoms. The molecule has 1 aliphatic rings. The summed E-state index contributed by atoms with van der Waals surface area (Å²) < 4.78 is 10.7. The van der Waals surface area contributed by atoms with E-state index in [1.54, 1.807) is 13.3 Å². The predicted octanol–water partition coefficient (Wildman–Crippen LogP) is 4.17. The zero-order chi connectivity index (χ0) is 20.5. The van der Waals surface area contributed by atoms with Crippen LogP contribution in [0.3, 0.4) is 0 Å². The van der Waals surface area contributed by atoms with Gasteiger partial charge in [0.2, 0.25) is 5.88 Å². The molecule has 1 aromatic carbocycles. The van der Waals surface area contributed by atoms with Gasteiger partial charge >= 0.3 is 0 Å². The lowest BCUT2D eigenvalue weighted by Gasteiger charge is -2.19. The molecular formula is C22H30ClIN4O2. The topological polar surface area (TPSA) is 67.8 Å². The number of methoxy groups -OCH3 is 1. The first-order valence-corrected chi connectivity index (χ1v) is 10.4. The third-order valence-corrected chi connectivity index (χ3v) is 5.25. The second-order valence-electron chi connectivity index (χ2n) is 7.15. The number of guanidine groups is 1. The molecule has 1 aromatic heterocycles. The molecule has 1 saturated carbocycles. The SMILES string of the molecule is CCNC(=NCc1cccnc1OCCOC)NCC1(c2cccc(Cl)c2)CC1.I. The Kier molecular flexibility index (Phi) is 10.1. The third-order valence-electron chi connectivity index (χ3n) is 5.01. The van der Waals surface area contributed by atoms with Crippen LogP contribution in [0.5, 0.6) is 5.88 Å². The van der Waals surface area contributed by atoms with Gasteiger partial charge in [-0.3, -0.25) is 0 Å². The molecule has 164 valence electrons. The summed E-state index contributed by atoms with van der Waals surface area (Å²) in [5.41, 5.74) is 2.37. The minimum atomic E-state index is 0. The Balaban J connectivity index is 0.00000320. The van der Waals surface area contributed by atoms with Crippen molar-refractivity contribution in [3.05, 3.63) is 58.7 Å². The summed E-state index contributed by atoms with van der Waals surface area (Å²) in [5, 5.41) is 7.60. The average molecular weight is 545 g/mol. The molecule has 1 heterocycles. The van der Waals surface area contributed by atoms with Crippen molar-refractivity contribution in [3.8, 4) is 5.88 Å². The lowest BCUT2D eigenvalue weighted by atomic mass is 9.96. The van der Waals surface area contributed by atoms with Gasteiger partial charge in [0, 0.05) is 42.4 Å². The fourth-order valence-electron chi connectivity index (χ4n) is 3.19. The van der Waals surface area contributed by atoms with Gasteiger partial charge in [-0.25, -0.2) is 9.98 Å². The van der Waals surface area contributed by atoms with E-state index in [0.717, 1.165) is 42.5 Å². The van der Waals surface area contributed by atoms with Gasteiger partial charge in [-0.15, -0.1) is 24.0 Å². The van der Waals surface area contributed by atoms with E-state index in [0.29, 0.717) is 25.6 Å². The van der Waals surface area contributed by atoms with E-state index >= 15 is 0 Å². The highest BCUT2D eigenvalue weighted by Crippen LogP contribution is 2.48. The third kappa shape index (κ3) is 6.99. The van der Waals surface area contributed by atoms with Gasteiger partial charge in [0.15, 0.2) is 5.96 Å². The van der Waals surface area contributed by atoms with Crippen molar-refractivity contribution in [2.24, 2.45) is 4.99 Å². The van der Waals surface area contributed by atoms with Crippen molar-refractivity contribution in [3.63, 3.8) is 0 Å². The second-order valence-corrected chi connectivity index (χ2v) is 7.58. The number of pyridine rings is 1. The van der Waals surface area contributed by atoms with Gasteiger partial charge in [-0.05, 0) is 43.5 Å². The maximum atomic E-state index is 6.19. The Morgan fingerprint density at radius 3 is 2.73 bits per heavy atom. The molecule has 1 fully saturated rings. The fraction of sp³-hybridized carbons (Fsp3) is 0.455. The molecule has 0 aliphatic heterocycles. The van der Waals surface area contributed by atoms with Crippen LogP contribution in [0, 0.1) is 0 Å². The summed E-state index contributed by atoms with van der Waals surface area (Å²) >= 11 is 6.19. The number of hydrogen-bond acceptors (Lipinski definition) is 4. The largest absolute Gasteiger partial charge is 0.475 e. The molecule has 0 atom stereocenters. The van der Waals surface area contributed by atoms with Crippen LogP contribution in [0.4, 0.5) is 0 Å². The van der Waals surface area contributed by atoms with Gasteiger partial charge in [-0.2, -0.15) is 0 Å². The van der Waals surface area contributed by atoms with E-state index in [4.69, 9.17) is 26.1 Å². The number of hydrogen-bond donors (Lipinski definition) is 2. The molecule has 2 N–H and O–H groups in total. The van der Waals surface area contributed by atoms with Crippen LogP contribution < -0.4 is 15.4 Å². The number of ether oxygens (including phenoxy) is 2. The number of benzene rings is 1. The molecular weight excluding hydrogens is 515 g/mol. The Labute approximate surface area is 200 Å². The summed E-state index contributed by atoms with van der Waals surface area (Å²) in [6, 6.07) is 12.0. The lowest BCUT2D eigenvalue weighted by molar-refractivity contribution is 0.143. The average Bonchev–Trinajstić information content (AvgIpc) is 3.52. The maximum absolute atomic E-state index is 6.19. The molecule has 0 radical (unpaired) electrons. The van der Waals surface area contributed by atoms with Crippen LogP contribution in [0.1, 0.15) is 30.9 Å². The van der Waals surface area contributed by atoms with E-state index in [1.807, 2.05) is 24.3 Å². The fourth-order valence-corrected chi connectivity index (χ4v) is 3.38. The van der Waals surface area contributed by atoms with Gasteiger partial charge in [-0.1, -0.05) is 29.8 Å². The predicted molar refractivity (Wildman–Crippen MR) is 132 cm³/mol. The first-order valence-electron chi connectivity index (χ1n) is 10.0. The van der Waals surface area contributed by atoms with Crippen LogP contribution >= 0.6 is 35.6 Å². The Bertz CT molecular complexity index is 830. The first kappa shape index (κ1) is 24.7. The molecule has 8 heteroatoms. The van der Waals surface area contributed by atoms with Gasteiger partial charge in [0.25, 0.3) is 0 Å². The van der Waals surface area contributed by atoms with Crippen LogP contribution in [0.2, 0.25) is 5.02 Å². The Morgan fingerprint density at radius 2 is 2.03 bits per heavy atom. The summed E-state index contributed by atoms with van der Waals surface area (Å²) in [6.07, 6.45) is 4.03. The van der Waals surface area contributed by atoms with Crippen LogP contribution in [-0.2, 0) is 16.7 Å². The van der Waals surface area contributed by atoms with E-state index < -0.39 is 0 Å². The zero-order valence-electron chi connectivity index (χ0n) is 17.5. The van der Waals surface area contributed by atoms with E-state index in [1.165, 1.54) is 5.56 Å². The first-order chi connectivity index (χ1) is 14.2. The number of halogens is 2. The molecule has 6 nitrogen and oxygen atoms in total. The Morgan fingerprint density at radius 1 is 1.20 bits per heavy atom. The molecule has 2 aromatic rings. The smallest absolute Gasteiger partial charge is 0.218 e. The highest BCUT2D eigenvalue weighted by Gasteiger charge is 2.44. The highest BCUT2D eigenvalue weighted by molar-refractivity contribution is 14.0. The lowest BCUT2D eigenvalue weighted by Crippen LogP contribution is -2.41. The molecule has 3 rings (SSSR count). The van der Waals surface area contributed by atoms with Crippen molar-refractivity contribution in [2.75, 3.05) is 33.4 Å². The van der Waals surface area contributed by atoms with E-state index in [-0.39, 0.29) is 29.4 Å². The standard InChI is InChI=1S/C22H29ClN4O2.HI/c1-3-24-21(26-15-17-6-5-11-25-20(17)29-13-12-28-2)27-16-22(9-10-22)18-7-4-8-19(23)14-18;/h4-8,11,14H,3,9-10,12-13,15-16H2,1-2H3,(H2,24,26,27);1H. The molecule has 0 spiro atoms. The highest BCUT2D eigenvalue weighted by atomic mass is 127. The minimum Gasteiger partial charge on any atom is -0.475 e. The molecule has 1 aliphatic carbocycles. The van der Waals surface area contributed by atoms with Gasteiger partial charge in [0.05, 0.1) is 13.2 Å². The number of nitrogens with zero attached hydrogens (tertiary/aromatic N) is 2. The Hall–Kier alpha value is -1.58. The van der Waals surface area contributed by atoms with Crippen molar-refractivity contribution >= 4 is 41.5 Å². The zero-order valence-corrected chi connectivity index (χ0v) is 20.6. The second kappa shape index (κ2) is 12.3. The van der Waals surface area contributed by atoms with Gasteiger partial charge < -0.3 is 20.1 Å². The van der Waals surface area contributed by atoms with Crippen LogP contribution in [0.25, 0.3) is 0 Å². The van der Waals surface area contributed by atoms with Crippen molar-refractivity contribution in [1.82, 2.24) is 15.6 Å². The van der Waals surface area contributed by atoms with Crippen LogP contribution in [0.15, 0.2) is 47.6 Å². The summed E-state index contributed by atoms with van der Waals surface area (Å²) in [6.45, 7) is 5.14. The quantitative estimate of drug-likeness (QED) is 0.203. The summed E-state index contributed by atoms with van der Waals surface area (Å²) in [4.78, 5) is 9.05. The molecule has 0 saturated heterocycles. The van der Waals surface area contributed by atoms with Crippen molar-refractivity contribution < 1.29 is 9.47 Å². The molecule has 30 heavy (non-hydrogen) atoms. The van der Waals surface area contributed by atoms with Crippen molar-refractivity contribution in [2.45, 2.75) is 31.7 Å². The van der Waals surface area contributed by atoms with Gasteiger partial charge in [0.1, 0.15) is 6.61 Å². The maximum Gasteiger partial charge on any atom is 0.218 e. The van der Waals surface area contributed by atoms with E-state index in [9.17, 15) is 0 Å². The summed E-state index contributed by atoms with van der Waals surface area (Å²) in [5.74, 6) is 1.38. The minimum absolute atomic E-state index is 0. The van der Waals surface area contributed by atoms with Crippen LogP contribution in [-0.4, -0.2) is 44.4 Å². The van der Waals surface area contributed by atoms with Crippen molar-refractivity contribution in [1.29, 1.82) is 0 Å². The number of aromatic nitrogens is 1. The van der Waals surface area contributed by atoms with E-state index in [2.05, 4.69) is 34.7 Å². The normalized spacial score (nSPS) is 14.6. The summed E-state index contributed by atoms with van der Waals surface area (Å²) in [7, 11) is 1.65. The number of nitrogens with one attached hydrogen (secondary N) is 2. The monoisotopic (exact) mass is 544 g/mol.